The summed E-state index contributed by atoms with van der Waals surface area (Å²) in [6.45, 7) is 8.21. The number of carbonyl (C=O) groups is 1. The molecule has 2 aromatic carbocycles. The standard InChI is InChI=1S/C21H22N2O2/c1-14(2)18-13-20(25-21(24)17-8-6-5-7-9-17)23(22-18)19-11-10-15(3)12-16(19)4/h5-14H,1-4H3. The number of hydrogen-bond donors (Lipinski definition) is 0. The lowest BCUT2D eigenvalue weighted by Gasteiger charge is -2.11. The van der Waals surface area contributed by atoms with Gasteiger partial charge in [-0.05, 0) is 43.5 Å². The molecule has 4 heteroatoms. The third kappa shape index (κ3) is 3.63. The van der Waals surface area contributed by atoms with E-state index in [1.54, 1.807) is 16.8 Å². The molecule has 0 aliphatic carbocycles. The van der Waals surface area contributed by atoms with Crippen LogP contribution in [0, 0.1) is 13.8 Å². The van der Waals surface area contributed by atoms with Gasteiger partial charge in [0.2, 0.25) is 5.88 Å². The SMILES string of the molecule is Cc1ccc(-n2nc(C(C)C)cc2OC(=O)c2ccccc2)c(C)c1. The lowest BCUT2D eigenvalue weighted by Crippen LogP contribution is -2.12. The van der Waals surface area contributed by atoms with Crippen molar-refractivity contribution in [3.05, 3.63) is 77.0 Å². The minimum Gasteiger partial charge on any atom is -0.404 e. The maximum Gasteiger partial charge on any atom is 0.344 e. The zero-order valence-electron chi connectivity index (χ0n) is 15.0. The molecule has 0 radical (unpaired) electrons. The highest BCUT2D eigenvalue weighted by Gasteiger charge is 2.18. The van der Waals surface area contributed by atoms with Gasteiger partial charge in [-0.1, -0.05) is 49.7 Å². The smallest absolute Gasteiger partial charge is 0.344 e. The number of ether oxygens (including phenoxy) is 1. The Balaban J connectivity index is 2.02. The van der Waals surface area contributed by atoms with Crippen molar-refractivity contribution in [3.63, 3.8) is 0 Å². The Hall–Kier alpha value is -2.88. The van der Waals surface area contributed by atoms with E-state index in [1.165, 1.54) is 5.56 Å². The number of aryl methyl sites for hydroxylation is 2. The molecule has 0 N–H and O–H groups in total. The van der Waals surface area contributed by atoms with Gasteiger partial charge in [0, 0.05) is 6.07 Å². The summed E-state index contributed by atoms with van der Waals surface area (Å²) < 4.78 is 7.38. The van der Waals surface area contributed by atoms with Crippen molar-refractivity contribution in [2.24, 2.45) is 0 Å². The van der Waals surface area contributed by atoms with Gasteiger partial charge in [-0.25, -0.2) is 9.48 Å². The average Bonchev–Trinajstić information content (AvgIpc) is 2.99. The summed E-state index contributed by atoms with van der Waals surface area (Å²) in [6, 6.07) is 16.9. The van der Waals surface area contributed by atoms with Crippen LogP contribution in [0.1, 0.15) is 46.9 Å². The van der Waals surface area contributed by atoms with Crippen LogP contribution in [0.3, 0.4) is 0 Å². The first-order chi connectivity index (χ1) is 12.0. The van der Waals surface area contributed by atoms with Crippen LogP contribution in [-0.2, 0) is 0 Å². The summed E-state index contributed by atoms with van der Waals surface area (Å²) in [5.41, 5.74) is 4.57. The molecule has 1 heterocycles. The van der Waals surface area contributed by atoms with Crippen LogP contribution in [-0.4, -0.2) is 15.7 Å². The summed E-state index contributed by atoms with van der Waals surface area (Å²) in [6.07, 6.45) is 0. The van der Waals surface area contributed by atoms with Gasteiger partial charge in [-0.15, -0.1) is 0 Å². The fraction of sp³-hybridized carbons (Fsp3) is 0.238. The van der Waals surface area contributed by atoms with Gasteiger partial charge < -0.3 is 4.74 Å². The van der Waals surface area contributed by atoms with Crippen LogP contribution in [0.15, 0.2) is 54.6 Å². The van der Waals surface area contributed by atoms with Gasteiger partial charge in [-0.2, -0.15) is 5.10 Å². The Morgan fingerprint density at radius 2 is 1.76 bits per heavy atom. The molecule has 0 aliphatic heterocycles. The predicted octanol–water partition coefficient (Wildman–Crippen LogP) is 4.83. The van der Waals surface area contributed by atoms with Crippen molar-refractivity contribution in [2.75, 3.05) is 0 Å². The lowest BCUT2D eigenvalue weighted by atomic mass is 10.1. The van der Waals surface area contributed by atoms with E-state index >= 15 is 0 Å². The fourth-order valence-electron chi connectivity index (χ4n) is 2.68. The number of esters is 1. The quantitative estimate of drug-likeness (QED) is 0.642. The van der Waals surface area contributed by atoms with Gasteiger partial charge in [0.1, 0.15) is 0 Å². The molecule has 0 spiro atoms. The first-order valence-corrected chi connectivity index (χ1v) is 8.40. The van der Waals surface area contributed by atoms with E-state index in [0.717, 1.165) is 16.9 Å². The molecule has 0 atom stereocenters. The van der Waals surface area contributed by atoms with Crippen molar-refractivity contribution in [3.8, 4) is 11.6 Å². The summed E-state index contributed by atoms with van der Waals surface area (Å²) in [5, 5.41) is 4.66. The minimum atomic E-state index is -0.387. The van der Waals surface area contributed by atoms with E-state index in [0.29, 0.717) is 11.4 Å². The molecule has 1 aromatic heterocycles. The van der Waals surface area contributed by atoms with Crippen LogP contribution in [0.2, 0.25) is 0 Å². The molecule has 3 rings (SSSR count). The third-order valence-corrected chi connectivity index (χ3v) is 4.07. The van der Waals surface area contributed by atoms with Crippen LogP contribution in [0.4, 0.5) is 0 Å². The van der Waals surface area contributed by atoms with Crippen LogP contribution < -0.4 is 4.74 Å². The van der Waals surface area contributed by atoms with Gasteiger partial charge in [0.05, 0.1) is 16.9 Å². The molecule has 0 aliphatic rings. The molecule has 0 amide bonds. The maximum absolute atomic E-state index is 12.5. The Bertz CT molecular complexity index is 896. The zero-order valence-corrected chi connectivity index (χ0v) is 15.0. The van der Waals surface area contributed by atoms with Crippen molar-refractivity contribution in [2.45, 2.75) is 33.6 Å². The maximum atomic E-state index is 12.5. The monoisotopic (exact) mass is 334 g/mol. The lowest BCUT2D eigenvalue weighted by molar-refractivity contribution is 0.0723. The van der Waals surface area contributed by atoms with Gasteiger partial charge in [-0.3, -0.25) is 0 Å². The van der Waals surface area contributed by atoms with E-state index < -0.39 is 0 Å². The third-order valence-electron chi connectivity index (χ3n) is 4.07. The summed E-state index contributed by atoms with van der Waals surface area (Å²) in [4.78, 5) is 12.5. The van der Waals surface area contributed by atoms with E-state index in [4.69, 9.17) is 4.74 Å². The molecule has 0 saturated heterocycles. The van der Waals surface area contributed by atoms with E-state index in [9.17, 15) is 4.79 Å². The van der Waals surface area contributed by atoms with Crippen molar-refractivity contribution in [1.29, 1.82) is 0 Å². The van der Waals surface area contributed by atoms with Gasteiger partial charge in [0.25, 0.3) is 0 Å². The molecule has 3 aromatic rings. The second kappa shape index (κ2) is 6.93. The largest absolute Gasteiger partial charge is 0.404 e. The number of aromatic nitrogens is 2. The van der Waals surface area contributed by atoms with Gasteiger partial charge >= 0.3 is 5.97 Å². The van der Waals surface area contributed by atoms with Crippen LogP contribution >= 0.6 is 0 Å². The minimum absolute atomic E-state index is 0.237. The molecular formula is C21H22N2O2. The fourth-order valence-corrected chi connectivity index (χ4v) is 2.68. The number of hydrogen-bond acceptors (Lipinski definition) is 3. The van der Waals surface area contributed by atoms with E-state index in [1.807, 2.05) is 43.3 Å². The highest BCUT2D eigenvalue weighted by molar-refractivity contribution is 5.90. The van der Waals surface area contributed by atoms with Gasteiger partial charge in [0.15, 0.2) is 0 Å². The second-order valence-corrected chi connectivity index (χ2v) is 6.52. The number of benzene rings is 2. The normalized spacial score (nSPS) is 10.9. The Kier molecular flexibility index (Phi) is 4.70. The number of nitrogens with zero attached hydrogens (tertiary/aromatic N) is 2. The number of carbonyl (C=O) groups excluding carboxylic acids is 1. The topological polar surface area (TPSA) is 44.1 Å². The molecular weight excluding hydrogens is 312 g/mol. The summed E-state index contributed by atoms with van der Waals surface area (Å²) in [5.74, 6) is 0.285. The molecule has 25 heavy (non-hydrogen) atoms. The van der Waals surface area contributed by atoms with Crippen LogP contribution in [0.25, 0.3) is 5.69 Å². The highest BCUT2D eigenvalue weighted by Crippen LogP contribution is 2.26. The van der Waals surface area contributed by atoms with Crippen LogP contribution in [0.5, 0.6) is 5.88 Å². The molecule has 128 valence electrons. The Morgan fingerprint density at radius 3 is 2.40 bits per heavy atom. The van der Waals surface area contributed by atoms with E-state index in [-0.39, 0.29) is 11.9 Å². The Morgan fingerprint density at radius 1 is 1.04 bits per heavy atom. The predicted molar refractivity (Wildman–Crippen MR) is 98.5 cm³/mol. The van der Waals surface area contributed by atoms with Crippen molar-refractivity contribution in [1.82, 2.24) is 9.78 Å². The molecule has 0 fully saturated rings. The molecule has 0 unspecified atom stereocenters. The number of rotatable bonds is 4. The summed E-state index contributed by atoms with van der Waals surface area (Å²) >= 11 is 0. The first-order valence-electron chi connectivity index (χ1n) is 8.40. The first kappa shape index (κ1) is 17.0. The average molecular weight is 334 g/mol. The van der Waals surface area contributed by atoms with Crippen molar-refractivity contribution < 1.29 is 9.53 Å². The van der Waals surface area contributed by atoms with E-state index in [2.05, 4.69) is 31.9 Å². The zero-order chi connectivity index (χ0) is 18.0. The molecule has 4 nitrogen and oxygen atoms in total. The van der Waals surface area contributed by atoms with Crippen molar-refractivity contribution >= 4 is 5.97 Å². The Labute approximate surface area is 148 Å². The highest BCUT2D eigenvalue weighted by atomic mass is 16.5. The summed E-state index contributed by atoms with van der Waals surface area (Å²) in [7, 11) is 0. The molecule has 0 bridgehead atoms. The second-order valence-electron chi connectivity index (χ2n) is 6.52. The molecule has 0 saturated carbocycles.